The minimum absolute atomic E-state index is 0.261. The topological polar surface area (TPSA) is 27.7 Å². The molecule has 1 heterocycles. The van der Waals surface area contributed by atoms with Gasteiger partial charge in [-0.25, -0.2) is 0 Å². The predicted molar refractivity (Wildman–Crippen MR) is 87.3 cm³/mol. The lowest BCUT2D eigenvalue weighted by Gasteiger charge is -2.36. The second-order valence-corrected chi connectivity index (χ2v) is 6.65. The van der Waals surface area contributed by atoms with Crippen LogP contribution in [0, 0.1) is 5.92 Å². The minimum atomic E-state index is -0.488. The molecule has 3 rings (SSSR count). The highest BCUT2D eigenvalue weighted by Crippen LogP contribution is 2.43. The second-order valence-electron chi connectivity index (χ2n) is 6.65. The summed E-state index contributed by atoms with van der Waals surface area (Å²) in [6.07, 6.45) is 3.36. The summed E-state index contributed by atoms with van der Waals surface area (Å²) >= 11 is 0. The molecule has 0 N–H and O–H groups in total. The predicted octanol–water partition coefficient (Wildman–Crippen LogP) is 4.07. The van der Waals surface area contributed by atoms with Gasteiger partial charge in [0.15, 0.2) is 5.79 Å². The normalized spacial score (nSPS) is 23.5. The van der Waals surface area contributed by atoms with Crippen LogP contribution in [0.5, 0.6) is 5.75 Å². The van der Waals surface area contributed by atoms with Gasteiger partial charge in [-0.05, 0) is 62.3 Å². The van der Waals surface area contributed by atoms with Crippen molar-refractivity contribution in [2.75, 3.05) is 20.3 Å². The molecule has 3 heteroatoms. The molecule has 2 unspecified atom stereocenters. The summed E-state index contributed by atoms with van der Waals surface area (Å²) in [4.78, 5) is 0. The number of fused-ring (bicyclic) bond motifs is 1. The summed E-state index contributed by atoms with van der Waals surface area (Å²) in [5, 5.41) is 0. The van der Waals surface area contributed by atoms with Gasteiger partial charge in [-0.2, -0.15) is 0 Å². The van der Waals surface area contributed by atoms with Crippen LogP contribution in [-0.4, -0.2) is 26.1 Å². The first-order valence-electron chi connectivity index (χ1n) is 8.13. The maximum atomic E-state index is 5.85. The van der Waals surface area contributed by atoms with Crippen molar-refractivity contribution >= 4 is 0 Å². The fourth-order valence-corrected chi connectivity index (χ4v) is 3.84. The van der Waals surface area contributed by atoms with Crippen molar-refractivity contribution in [3.8, 4) is 5.75 Å². The standard InChI is InChI=1S/C19H26O3/c1-13(2)18(19(3)21-9-10-22-19)8-5-14-11-15-12-16(20-4)6-7-17(14)15/h6-7,12,14,18H,1,5,8-11H2,2-4H3. The van der Waals surface area contributed by atoms with Crippen molar-refractivity contribution in [2.45, 2.75) is 44.8 Å². The van der Waals surface area contributed by atoms with Crippen molar-refractivity contribution in [1.82, 2.24) is 0 Å². The molecular weight excluding hydrogens is 276 g/mol. The molecule has 0 bridgehead atoms. The summed E-state index contributed by atoms with van der Waals surface area (Å²) in [5.74, 6) is 1.38. The Morgan fingerprint density at radius 1 is 1.41 bits per heavy atom. The zero-order chi connectivity index (χ0) is 15.7. The van der Waals surface area contributed by atoms with E-state index in [0.717, 1.165) is 30.6 Å². The van der Waals surface area contributed by atoms with Gasteiger partial charge in [0, 0.05) is 5.92 Å². The molecule has 1 aliphatic heterocycles. The summed E-state index contributed by atoms with van der Waals surface area (Å²) < 4.78 is 17.0. The quantitative estimate of drug-likeness (QED) is 0.741. The number of hydrogen-bond acceptors (Lipinski definition) is 3. The van der Waals surface area contributed by atoms with Crippen LogP contribution in [0.2, 0.25) is 0 Å². The molecule has 0 radical (unpaired) electrons. The molecule has 2 atom stereocenters. The third-order valence-corrected chi connectivity index (χ3v) is 5.15. The van der Waals surface area contributed by atoms with Crippen LogP contribution in [0.4, 0.5) is 0 Å². The monoisotopic (exact) mass is 302 g/mol. The summed E-state index contributed by atoms with van der Waals surface area (Å²) in [7, 11) is 1.72. The first kappa shape index (κ1) is 15.6. The fourth-order valence-electron chi connectivity index (χ4n) is 3.84. The zero-order valence-electron chi connectivity index (χ0n) is 13.9. The van der Waals surface area contributed by atoms with Crippen LogP contribution >= 0.6 is 0 Å². The number of benzene rings is 1. The minimum Gasteiger partial charge on any atom is -0.497 e. The molecule has 1 fully saturated rings. The van der Waals surface area contributed by atoms with Crippen molar-refractivity contribution in [3.05, 3.63) is 41.5 Å². The summed E-state index contributed by atoms with van der Waals surface area (Å²) in [5.41, 5.74) is 4.05. The maximum Gasteiger partial charge on any atom is 0.172 e. The lowest BCUT2D eigenvalue weighted by Crippen LogP contribution is -2.37. The highest BCUT2D eigenvalue weighted by molar-refractivity contribution is 5.44. The molecular formula is C19H26O3. The molecule has 0 saturated carbocycles. The van der Waals surface area contributed by atoms with Gasteiger partial charge in [-0.3, -0.25) is 0 Å². The lowest BCUT2D eigenvalue weighted by molar-refractivity contribution is -0.173. The largest absolute Gasteiger partial charge is 0.497 e. The van der Waals surface area contributed by atoms with Gasteiger partial charge in [0.1, 0.15) is 5.75 Å². The fraction of sp³-hybridized carbons (Fsp3) is 0.579. The average molecular weight is 302 g/mol. The smallest absolute Gasteiger partial charge is 0.172 e. The SMILES string of the molecule is C=C(C)C(CCC1Cc2cc(OC)ccc21)C1(C)OCCO1. The van der Waals surface area contributed by atoms with Crippen LogP contribution in [0.3, 0.4) is 0 Å². The first-order chi connectivity index (χ1) is 10.5. The van der Waals surface area contributed by atoms with Gasteiger partial charge >= 0.3 is 0 Å². The van der Waals surface area contributed by atoms with Crippen LogP contribution in [0.1, 0.15) is 43.7 Å². The highest BCUT2D eigenvalue weighted by atomic mass is 16.7. The number of ether oxygens (including phenoxy) is 3. The van der Waals surface area contributed by atoms with Crippen molar-refractivity contribution in [1.29, 1.82) is 0 Å². The zero-order valence-corrected chi connectivity index (χ0v) is 13.9. The van der Waals surface area contributed by atoms with E-state index < -0.39 is 5.79 Å². The molecule has 0 aromatic heterocycles. The first-order valence-corrected chi connectivity index (χ1v) is 8.13. The van der Waals surface area contributed by atoms with E-state index in [1.54, 1.807) is 7.11 Å². The molecule has 22 heavy (non-hydrogen) atoms. The molecule has 1 aromatic carbocycles. The Balaban J connectivity index is 1.63. The van der Waals surface area contributed by atoms with Crippen molar-refractivity contribution in [3.63, 3.8) is 0 Å². The van der Waals surface area contributed by atoms with E-state index in [0.29, 0.717) is 19.1 Å². The van der Waals surface area contributed by atoms with Crippen LogP contribution in [0.25, 0.3) is 0 Å². The number of rotatable bonds is 6. The van der Waals surface area contributed by atoms with Crippen LogP contribution in [-0.2, 0) is 15.9 Å². The Kier molecular flexibility index (Phi) is 4.28. The van der Waals surface area contributed by atoms with Gasteiger partial charge in [0.05, 0.1) is 20.3 Å². The van der Waals surface area contributed by atoms with Gasteiger partial charge in [-0.1, -0.05) is 18.2 Å². The van der Waals surface area contributed by atoms with Gasteiger partial charge < -0.3 is 14.2 Å². The molecule has 120 valence electrons. The Labute approximate surface area is 133 Å². The molecule has 0 amide bonds. The third-order valence-electron chi connectivity index (χ3n) is 5.15. The van der Waals surface area contributed by atoms with E-state index in [1.165, 1.54) is 11.1 Å². The molecule has 1 aliphatic carbocycles. The Morgan fingerprint density at radius 2 is 2.14 bits per heavy atom. The summed E-state index contributed by atoms with van der Waals surface area (Å²) in [6.45, 7) is 9.67. The Hall–Kier alpha value is -1.32. The number of hydrogen-bond donors (Lipinski definition) is 0. The van der Waals surface area contributed by atoms with Crippen LogP contribution in [0.15, 0.2) is 30.4 Å². The average Bonchev–Trinajstić information content (AvgIpc) is 2.90. The van der Waals surface area contributed by atoms with Gasteiger partial charge in [-0.15, -0.1) is 0 Å². The van der Waals surface area contributed by atoms with Crippen LogP contribution < -0.4 is 4.74 Å². The molecule has 0 spiro atoms. The molecule has 1 aromatic rings. The van der Waals surface area contributed by atoms with Crippen molar-refractivity contribution in [2.24, 2.45) is 5.92 Å². The van der Waals surface area contributed by atoms with Gasteiger partial charge in [0.25, 0.3) is 0 Å². The summed E-state index contributed by atoms with van der Waals surface area (Å²) in [6, 6.07) is 6.43. The Morgan fingerprint density at radius 3 is 2.73 bits per heavy atom. The highest BCUT2D eigenvalue weighted by Gasteiger charge is 2.40. The van der Waals surface area contributed by atoms with E-state index in [4.69, 9.17) is 14.2 Å². The number of methoxy groups -OCH3 is 1. The maximum absolute atomic E-state index is 5.85. The van der Waals surface area contributed by atoms with E-state index in [2.05, 4.69) is 38.6 Å². The lowest BCUT2D eigenvalue weighted by atomic mass is 9.73. The molecule has 1 saturated heterocycles. The van der Waals surface area contributed by atoms with E-state index in [1.807, 2.05) is 0 Å². The van der Waals surface area contributed by atoms with E-state index in [-0.39, 0.29) is 5.92 Å². The molecule has 2 aliphatic rings. The second kappa shape index (κ2) is 6.05. The van der Waals surface area contributed by atoms with Crippen molar-refractivity contribution < 1.29 is 14.2 Å². The van der Waals surface area contributed by atoms with E-state index in [9.17, 15) is 0 Å². The third kappa shape index (κ3) is 2.80. The molecule has 3 nitrogen and oxygen atoms in total. The van der Waals surface area contributed by atoms with E-state index >= 15 is 0 Å². The van der Waals surface area contributed by atoms with Gasteiger partial charge in [0.2, 0.25) is 0 Å². The Bertz CT molecular complexity index is 558.